The highest BCUT2D eigenvalue weighted by molar-refractivity contribution is 8.00. The van der Waals surface area contributed by atoms with Crippen molar-refractivity contribution in [2.45, 2.75) is 110 Å². The summed E-state index contributed by atoms with van der Waals surface area (Å²) in [4.78, 5) is 14.2. The van der Waals surface area contributed by atoms with E-state index in [4.69, 9.17) is 4.74 Å². The molecule has 4 aliphatic rings. The van der Waals surface area contributed by atoms with E-state index in [1.807, 2.05) is 4.90 Å². The van der Waals surface area contributed by atoms with Crippen LogP contribution in [-0.2, 0) is 14.8 Å². The SMILES string of the molecule is CN1[C@H](CCC(C)(F)F)CN(C2CCCC2)c2cc(SC3CC(F)(F)C3)c(OCC3(C(=O)O)CC3)cc2S1(=O)=O. The number of rotatable bonds is 10. The Balaban J connectivity index is 1.56. The first kappa shape index (κ1) is 29.8. The topological polar surface area (TPSA) is 87.2 Å². The summed E-state index contributed by atoms with van der Waals surface area (Å²) in [5, 5.41) is 9.22. The van der Waals surface area contributed by atoms with E-state index in [0.29, 0.717) is 23.4 Å². The van der Waals surface area contributed by atoms with Crippen LogP contribution in [-0.4, -0.2) is 73.2 Å². The van der Waals surface area contributed by atoms with Crippen LogP contribution in [0.2, 0.25) is 0 Å². The highest BCUT2D eigenvalue weighted by Crippen LogP contribution is 2.52. The van der Waals surface area contributed by atoms with E-state index in [1.165, 1.54) is 24.9 Å². The van der Waals surface area contributed by atoms with Gasteiger partial charge in [-0.25, -0.2) is 26.0 Å². The summed E-state index contributed by atoms with van der Waals surface area (Å²) in [6.45, 7) is 0.895. The van der Waals surface area contributed by atoms with Crippen molar-refractivity contribution in [3.63, 3.8) is 0 Å². The molecule has 0 saturated heterocycles. The average molecular weight is 609 g/mol. The molecule has 3 fully saturated rings. The van der Waals surface area contributed by atoms with Gasteiger partial charge in [0.05, 0.1) is 10.6 Å². The first-order chi connectivity index (χ1) is 18.6. The largest absolute Gasteiger partial charge is 0.491 e. The molecule has 13 heteroatoms. The molecule has 7 nitrogen and oxygen atoms in total. The third-order valence-corrected chi connectivity index (χ3v) is 11.9. The number of thioether (sulfide) groups is 1. The number of aliphatic carboxylic acids is 1. The minimum atomic E-state index is -4.15. The number of carbonyl (C=O) groups is 1. The molecule has 0 amide bonds. The van der Waals surface area contributed by atoms with Gasteiger partial charge in [0.2, 0.25) is 21.9 Å². The van der Waals surface area contributed by atoms with Gasteiger partial charge in [0, 0.05) is 56.3 Å². The van der Waals surface area contributed by atoms with Crippen molar-refractivity contribution < 1.29 is 40.6 Å². The fourth-order valence-corrected chi connectivity index (χ4v) is 8.87. The second-order valence-corrected chi connectivity index (χ2v) is 15.3. The molecule has 1 aliphatic heterocycles. The number of anilines is 1. The van der Waals surface area contributed by atoms with Gasteiger partial charge in [-0.1, -0.05) is 12.8 Å². The lowest BCUT2D eigenvalue weighted by Gasteiger charge is -2.36. The van der Waals surface area contributed by atoms with E-state index in [1.54, 1.807) is 6.07 Å². The smallest absolute Gasteiger partial charge is 0.313 e. The van der Waals surface area contributed by atoms with E-state index < -0.39 is 51.0 Å². The van der Waals surface area contributed by atoms with Gasteiger partial charge in [0.1, 0.15) is 22.7 Å². The monoisotopic (exact) mass is 608 g/mol. The average Bonchev–Trinajstić information content (AvgIpc) is 3.47. The number of ether oxygens (including phenoxy) is 1. The fourth-order valence-electron chi connectivity index (χ4n) is 5.87. The molecule has 0 radical (unpaired) electrons. The predicted octanol–water partition coefficient (Wildman–Crippen LogP) is 6.01. The number of sulfonamides is 1. The van der Waals surface area contributed by atoms with Gasteiger partial charge in [-0.3, -0.25) is 4.79 Å². The lowest BCUT2D eigenvalue weighted by molar-refractivity contribution is -0.144. The van der Waals surface area contributed by atoms with Crippen molar-refractivity contribution in [1.29, 1.82) is 0 Å². The summed E-state index contributed by atoms with van der Waals surface area (Å²) >= 11 is 1.19. The standard InChI is InChI=1S/C27H36F4N2O5S2/c1-25(28,29)8-7-18-15-33(17-5-3-4-6-17)20-11-22(39-19-13-27(30,31)14-19)21(12-23(20)40(36,37)32(18)2)38-16-26(9-10-26)24(34)35/h11-12,17-19H,3-10,13-16H2,1-2H3,(H,34,35)/t18-/m1/s1. The highest BCUT2D eigenvalue weighted by Gasteiger charge is 2.52. The lowest BCUT2D eigenvalue weighted by Crippen LogP contribution is -2.45. The Kier molecular flexibility index (Phi) is 7.82. The Bertz CT molecular complexity index is 1240. The lowest BCUT2D eigenvalue weighted by atomic mass is 9.94. The summed E-state index contributed by atoms with van der Waals surface area (Å²) in [5.74, 6) is -6.54. The Morgan fingerprint density at radius 2 is 1.85 bits per heavy atom. The normalized spacial score (nSPS) is 26.1. The number of alkyl halides is 4. The first-order valence-corrected chi connectivity index (χ1v) is 16.1. The summed E-state index contributed by atoms with van der Waals surface area (Å²) in [7, 11) is -2.75. The summed E-state index contributed by atoms with van der Waals surface area (Å²) in [6, 6.07) is 2.38. The Labute approximate surface area is 236 Å². The van der Waals surface area contributed by atoms with Crippen molar-refractivity contribution in [2.75, 3.05) is 25.1 Å². The molecular weight excluding hydrogens is 572 g/mol. The van der Waals surface area contributed by atoms with Crippen molar-refractivity contribution in [2.24, 2.45) is 5.41 Å². The summed E-state index contributed by atoms with van der Waals surface area (Å²) in [5.41, 5.74) is -0.620. The molecule has 0 bridgehead atoms. The Morgan fingerprint density at radius 3 is 2.40 bits per heavy atom. The zero-order valence-electron chi connectivity index (χ0n) is 22.7. The minimum absolute atomic E-state index is 0.0180. The molecule has 1 aromatic carbocycles. The van der Waals surface area contributed by atoms with E-state index >= 15 is 0 Å². The third kappa shape index (κ3) is 6.06. The van der Waals surface area contributed by atoms with Crippen LogP contribution < -0.4 is 9.64 Å². The van der Waals surface area contributed by atoms with Crippen LogP contribution in [0, 0.1) is 5.41 Å². The molecule has 0 unspecified atom stereocenters. The van der Waals surface area contributed by atoms with Crippen LogP contribution in [0.1, 0.15) is 71.1 Å². The quantitative estimate of drug-likeness (QED) is 0.326. The number of nitrogens with zero attached hydrogens (tertiary/aromatic N) is 2. The van der Waals surface area contributed by atoms with E-state index in [2.05, 4.69) is 0 Å². The number of benzene rings is 1. The van der Waals surface area contributed by atoms with Crippen LogP contribution >= 0.6 is 11.8 Å². The molecule has 224 valence electrons. The maximum absolute atomic E-state index is 13.9. The highest BCUT2D eigenvalue weighted by atomic mass is 32.2. The second kappa shape index (κ2) is 10.5. The van der Waals surface area contributed by atoms with Crippen LogP contribution in [0.5, 0.6) is 5.75 Å². The number of fused-ring (bicyclic) bond motifs is 1. The summed E-state index contributed by atoms with van der Waals surface area (Å²) in [6.07, 6.45) is 3.35. The number of hydrogen-bond acceptors (Lipinski definition) is 6. The van der Waals surface area contributed by atoms with E-state index in [9.17, 15) is 35.9 Å². The molecule has 1 N–H and O–H groups in total. The van der Waals surface area contributed by atoms with Gasteiger partial charge in [-0.05, 0) is 45.1 Å². The zero-order chi connectivity index (χ0) is 29.1. The summed E-state index contributed by atoms with van der Waals surface area (Å²) < 4.78 is 90.0. The molecule has 0 aromatic heterocycles. The second-order valence-electron chi connectivity index (χ2n) is 12.0. The predicted molar refractivity (Wildman–Crippen MR) is 143 cm³/mol. The number of halogens is 4. The van der Waals surface area contributed by atoms with E-state index in [0.717, 1.165) is 36.9 Å². The maximum atomic E-state index is 13.9. The first-order valence-electron chi connectivity index (χ1n) is 13.8. The van der Waals surface area contributed by atoms with E-state index in [-0.39, 0.29) is 49.1 Å². The Morgan fingerprint density at radius 1 is 1.20 bits per heavy atom. The maximum Gasteiger partial charge on any atom is 0.313 e. The van der Waals surface area contributed by atoms with Crippen molar-refractivity contribution in [1.82, 2.24) is 4.31 Å². The van der Waals surface area contributed by atoms with Gasteiger partial charge in [0.25, 0.3) is 0 Å². The van der Waals surface area contributed by atoms with Gasteiger partial charge in [0.15, 0.2) is 0 Å². The molecule has 40 heavy (non-hydrogen) atoms. The van der Waals surface area contributed by atoms with Gasteiger partial charge >= 0.3 is 5.97 Å². The minimum Gasteiger partial charge on any atom is -0.491 e. The van der Waals surface area contributed by atoms with Gasteiger partial charge in [-0.15, -0.1) is 11.8 Å². The number of carboxylic acid groups (broad SMARTS) is 1. The molecule has 5 rings (SSSR count). The fraction of sp³-hybridized carbons (Fsp3) is 0.741. The van der Waals surface area contributed by atoms with Crippen molar-refractivity contribution >= 4 is 33.4 Å². The molecule has 1 heterocycles. The van der Waals surface area contributed by atoms with Gasteiger partial charge in [-0.2, -0.15) is 4.31 Å². The molecule has 1 atom stereocenters. The number of likely N-dealkylation sites (N-methyl/N-ethyl adjacent to an activating group) is 1. The van der Waals surface area contributed by atoms with Crippen molar-refractivity contribution in [3.8, 4) is 5.75 Å². The zero-order valence-corrected chi connectivity index (χ0v) is 24.3. The van der Waals surface area contributed by atoms with Crippen LogP contribution in [0.15, 0.2) is 21.9 Å². The van der Waals surface area contributed by atoms with Gasteiger partial charge < -0.3 is 14.7 Å². The third-order valence-electron chi connectivity index (χ3n) is 8.75. The molecule has 0 spiro atoms. The van der Waals surface area contributed by atoms with Crippen molar-refractivity contribution in [3.05, 3.63) is 12.1 Å². The number of hydrogen-bond donors (Lipinski definition) is 1. The Hall–Kier alpha value is -1.73. The molecule has 3 saturated carbocycles. The van der Waals surface area contributed by atoms with Crippen LogP contribution in [0.3, 0.4) is 0 Å². The van der Waals surface area contributed by atoms with Crippen LogP contribution in [0.25, 0.3) is 0 Å². The molecule has 3 aliphatic carbocycles. The molecule has 1 aromatic rings. The molecular formula is C27H36F4N2O5S2. The number of carboxylic acids is 1. The van der Waals surface area contributed by atoms with Crippen LogP contribution in [0.4, 0.5) is 23.2 Å².